The molecule has 0 bridgehead atoms. The second-order valence-corrected chi connectivity index (χ2v) is 5.22. The second-order valence-electron chi connectivity index (χ2n) is 5.22. The Kier molecular flexibility index (Phi) is 5.58. The standard InChI is InChI=1S/C17H23N3O2/c1-3-18-16(21)12-20(4-2)17(22)10-9-13-11-19-15-8-6-5-7-14(13)15/h5-8,11,19H,3-4,9-10,12H2,1-2H3,(H,18,21). The molecule has 0 aliphatic rings. The lowest BCUT2D eigenvalue weighted by Crippen LogP contribution is -2.40. The summed E-state index contributed by atoms with van der Waals surface area (Å²) in [6, 6.07) is 8.06. The quantitative estimate of drug-likeness (QED) is 0.822. The van der Waals surface area contributed by atoms with Crippen LogP contribution in [-0.2, 0) is 16.0 Å². The van der Waals surface area contributed by atoms with E-state index in [9.17, 15) is 9.59 Å². The van der Waals surface area contributed by atoms with Crippen LogP contribution in [0.3, 0.4) is 0 Å². The summed E-state index contributed by atoms with van der Waals surface area (Å²) in [4.78, 5) is 28.7. The molecule has 0 spiro atoms. The van der Waals surface area contributed by atoms with Crippen molar-refractivity contribution in [3.8, 4) is 0 Å². The molecule has 2 rings (SSSR count). The number of para-hydroxylation sites is 1. The summed E-state index contributed by atoms with van der Waals surface area (Å²) in [6.07, 6.45) is 3.04. The van der Waals surface area contributed by atoms with Gasteiger partial charge in [-0.3, -0.25) is 9.59 Å². The second kappa shape index (κ2) is 7.64. The Morgan fingerprint density at radius 2 is 2.00 bits per heavy atom. The van der Waals surface area contributed by atoms with Gasteiger partial charge in [-0.2, -0.15) is 0 Å². The third-order valence-corrected chi connectivity index (χ3v) is 3.73. The normalized spacial score (nSPS) is 10.6. The summed E-state index contributed by atoms with van der Waals surface area (Å²) in [5.74, 6) is -0.0937. The number of rotatable bonds is 7. The molecule has 1 heterocycles. The van der Waals surface area contributed by atoms with Crippen LogP contribution in [0.4, 0.5) is 0 Å². The lowest BCUT2D eigenvalue weighted by Gasteiger charge is -2.20. The number of likely N-dealkylation sites (N-methyl/N-ethyl adjacent to an activating group) is 2. The van der Waals surface area contributed by atoms with Gasteiger partial charge in [-0.15, -0.1) is 0 Å². The number of amides is 2. The van der Waals surface area contributed by atoms with Crippen molar-refractivity contribution in [2.75, 3.05) is 19.6 Å². The number of aromatic amines is 1. The van der Waals surface area contributed by atoms with Gasteiger partial charge in [0.25, 0.3) is 0 Å². The van der Waals surface area contributed by atoms with Gasteiger partial charge in [-0.05, 0) is 31.9 Å². The van der Waals surface area contributed by atoms with E-state index in [1.165, 1.54) is 0 Å². The van der Waals surface area contributed by atoms with Gasteiger partial charge in [0.15, 0.2) is 0 Å². The summed E-state index contributed by atoms with van der Waals surface area (Å²) < 4.78 is 0. The lowest BCUT2D eigenvalue weighted by molar-refractivity contribution is -0.135. The fourth-order valence-electron chi connectivity index (χ4n) is 2.54. The van der Waals surface area contributed by atoms with Gasteiger partial charge in [0.1, 0.15) is 0 Å². The number of carbonyl (C=O) groups is 2. The first-order chi connectivity index (χ1) is 10.7. The van der Waals surface area contributed by atoms with Crippen LogP contribution in [0.5, 0.6) is 0 Å². The molecular formula is C17H23N3O2. The molecule has 0 aliphatic heterocycles. The van der Waals surface area contributed by atoms with Crippen molar-refractivity contribution in [2.45, 2.75) is 26.7 Å². The molecule has 0 unspecified atom stereocenters. The van der Waals surface area contributed by atoms with Crippen LogP contribution in [0.2, 0.25) is 0 Å². The summed E-state index contributed by atoms with van der Waals surface area (Å²) >= 11 is 0. The highest BCUT2D eigenvalue weighted by Gasteiger charge is 2.15. The largest absolute Gasteiger partial charge is 0.361 e. The molecule has 0 aliphatic carbocycles. The minimum atomic E-state index is -0.107. The molecule has 2 N–H and O–H groups in total. The van der Waals surface area contributed by atoms with Crippen molar-refractivity contribution >= 4 is 22.7 Å². The van der Waals surface area contributed by atoms with Crippen molar-refractivity contribution in [1.29, 1.82) is 0 Å². The number of aryl methyl sites for hydroxylation is 1. The van der Waals surface area contributed by atoms with Gasteiger partial charge in [0.2, 0.25) is 11.8 Å². The third kappa shape index (κ3) is 3.87. The molecule has 5 nitrogen and oxygen atoms in total. The highest BCUT2D eigenvalue weighted by Crippen LogP contribution is 2.19. The van der Waals surface area contributed by atoms with Crippen molar-refractivity contribution in [3.05, 3.63) is 36.0 Å². The molecule has 1 aromatic carbocycles. The first kappa shape index (κ1) is 16.1. The van der Waals surface area contributed by atoms with E-state index >= 15 is 0 Å². The van der Waals surface area contributed by atoms with Gasteiger partial charge in [-0.1, -0.05) is 18.2 Å². The topological polar surface area (TPSA) is 65.2 Å². The lowest BCUT2D eigenvalue weighted by atomic mass is 10.1. The molecule has 118 valence electrons. The molecule has 2 aromatic rings. The minimum absolute atomic E-state index is 0.0130. The van der Waals surface area contributed by atoms with Gasteiger partial charge in [0, 0.05) is 36.6 Å². The van der Waals surface area contributed by atoms with E-state index in [0.29, 0.717) is 25.9 Å². The number of carbonyl (C=O) groups excluding carboxylic acids is 2. The molecule has 0 radical (unpaired) electrons. The minimum Gasteiger partial charge on any atom is -0.361 e. The third-order valence-electron chi connectivity index (χ3n) is 3.73. The first-order valence-electron chi connectivity index (χ1n) is 7.75. The number of hydrogen-bond acceptors (Lipinski definition) is 2. The number of H-pyrrole nitrogens is 1. The molecular weight excluding hydrogens is 278 g/mol. The fourth-order valence-corrected chi connectivity index (χ4v) is 2.54. The summed E-state index contributed by atoms with van der Waals surface area (Å²) in [7, 11) is 0. The van der Waals surface area contributed by atoms with E-state index in [4.69, 9.17) is 0 Å². The Morgan fingerprint density at radius 3 is 2.73 bits per heavy atom. The molecule has 0 saturated heterocycles. The van der Waals surface area contributed by atoms with Crippen LogP contribution in [0.25, 0.3) is 10.9 Å². The van der Waals surface area contributed by atoms with Gasteiger partial charge in [-0.25, -0.2) is 0 Å². The zero-order valence-corrected chi connectivity index (χ0v) is 13.2. The van der Waals surface area contributed by atoms with Crippen LogP contribution < -0.4 is 5.32 Å². The van der Waals surface area contributed by atoms with E-state index < -0.39 is 0 Å². The molecule has 0 atom stereocenters. The number of nitrogens with one attached hydrogen (secondary N) is 2. The SMILES string of the molecule is CCNC(=O)CN(CC)C(=O)CCc1c[nH]c2ccccc12. The Morgan fingerprint density at radius 1 is 1.23 bits per heavy atom. The van der Waals surface area contributed by atoms with Crippen LogP contribution in [0, 0.1) is 0 Å². The average molecular weight is 301 g/mol. The first-order valence-corrected chi connectivity index (χ1v) is 7.75. The zero-order chi connectivity index (χ0) is 15.9. The van der Waals surface area contributed by atoms with Crippen molar-refractivity contribution in [2.24, 2.45) is 0 Å². The smallest absolute Gasteiger partial charge is 0.239 e. The van der Waals surface area contributed by atoms with Crippen molar-refractivity contribution in [3.63, 3.8) is 0 Å². The molecule has 0 saturated carbocycles. The number of hydrogen-bond donors (Lipinski definition) is 2. The number of nitrogens with zero attached hydrogens (tertiary/aromatic N) is 1. The Hall–Kier alpha value is -2.30. The van der Waals surface area contributed by atoms with Gasteiger partial charge >= 0.3 is 0 Å². The monoisotopic (exact) mass is 301 g/mol. The molecule has 1 aromatic heterocycles. The van der Waals surface area contributed by atoms with E-state index in [-0.39, 0.29) is 18.4 Å². The van der Waals surface area contributed by atoms with E-state index in [1.54, 1.807) is 4.90 Å². The Bertz CT molecular complexity index is 648. The zero-order valence-electron chi connectivity index (χ0n) is 13.2. The number of benzene rings is 1. The van der Waals surface area contributed by atoms with E-state index in [0.717, 1.165) is 16.5 Å². The highest BCUT2D eigenvalue weighted by molar-refractivity contribution is 5.86. The molecule has 0 fully saturated rings. The molecule has 5 heteroatoms. The summed E-state index contributed by atoms with van der Waals surface area (Å²) in [5, 5.41) is 3.88. The van der Waals surface area contributed by atoms with Gasteiger partial charge in [0.05, 0.1) is 6.54 Å². The number of aromatic nitrogens is 1. The average Bonchev–Trinajstić information content (AvgIpc) is 2.94. The van der Waals surface area contributed by atoms with Crippen molar-refractivity contribution < 1.29 is 9.59 Å². The Balaban J connectivity index is 1.94. The highest BCUT2D eigenvalue weighted by atomic mass is 16.2. The van der Waals surface area contributed by atoms with Gasteiger partial charge < -0.3 is 15.2 Å². The maximum Gasteiger partial charge on any atom is 0.239 e. The predicted molar refractivity (Wildman–Crippen MR) is 87.6 cm³/mol. The van der Waals surface area contributed by atoms with Crippen LogP contribution >= 0.6 is 0 Å². The van der Waals surface area contributed by atoms with E-state index in [2.05, 4.69) is 16.4 Å². The van der Waals surface area contributed by atoms with Crippen molar-refractivity contribution in [1.82, 2.24) is 15.2 Å². The maximum absolute atomic E-state index is 12.3. The van der Waals surface area contributed by atoms with Crippen LogP contribution in [0.15, 0.2) is 30.5 Å². The van der Waals surface area contributed by atoms with Crippen LogP contribution in [-0.4, -0.2) is 41.3 Å². The molecule has 2 amide bonds. The Labute approximate surface area is 130 Å². The summed E-state index contributed by atoms with van der Waals surface area (Å²) in [5.41, 5.74) is 2.22. The maximum atomic E-state index is 12.3. The van der Waals surface area contributed by atoms with E-state index in [1.807, 2.05) is 38.2 Å². The predicted octanol–water partition coefficient (Wildman–Crippen LogP) is 2.09. The summed E-state index contributed by atoms with van der Waals surface area (Å²) in [6.45, 7) is 5.02. The van der Waals surface area contributed by atoms with Crippen LogP contribution in [0.1, 0.15) is 25.8 Å². The fraction of sp³-hybridized carbons (Fsp3) is 0.412. The molecule has 22 heavy (non-hydrogen) atoms. The number of fused-ring (bicyclic) bond motifs is 1.